The van der Waals surface area contributed by atoms with Gasteiger partial charge in [0, 0.05) is 22.3 Å². The maximum atomic E-state index is 5.91. The van der Waals surface area contributed by atoms with E-state index in [0.29, 0.717) is 6.61 Å². The van der Waals surface area contributed by atoms with Crippen LogP contribution in [0.5, 0.6) is 5.75 Å². The minimum Gasteiger partial charge on any atom is -0.488 e. The summed E-state index contributed by atoms with van der Waals surface area (Å²) in [5.41, 5.74) is 8.72. The second-order valence-corrected chi connectivity index (χ2v) is 5.61. The van der Waals surface area contributed by atoms with Gasteiger partial charge >= 0.3 is 0 Å². The molecular weight excluding hydrogens is 300 g/mol. The summed E-state index contributed by atoms with van der Waals surface area (Å²) in [4.78, 5) is 5.11. The zero-order chi connectivity index (χ0) is 12.3. The Morgan fingerprint density at radius 1 is 1.53 bits per heavy atom. The van der Waals surface area contributed by atoms with E-state index in [0.717, 1.165) is 20.7 Å². The SMILES string of the molecule is C[C@@H](N)c1ccc(Br)cc1OCc1cncs1. The summed E-state index contributed by atoms with van der Waals surface area (Å²) in [6, 6.07) is 5.86. The van der Waals surface area contributed by atoms with Gasteiger partial charge in [0.05, 0.1) is 10.4 Å². The largest absolute Gasteiger partial charge is 0.488 e. The second kappa shape index (κ2) is 5.62. The summed E-state index contributed by atoms with van der Waals surface area (Å²) >= 11 is 5.02. The quantitative estimate of drug-likeness (QED) is 0.940. The van der Waals surface area contributed by atoms with Crippen LogP contribution in [0, 0.1) is 0 Å². The molecule has 5 heteroatoms. The third-order valence-electron chi connectivity index (χ3n) is 2.32. The van der Waals surface area contributed by atoms with Crippen LogP contribution in [0.1, 0.15) is 23.4 Å². The summed E-state index contributed by atoms with van der Waals surface area (Å²) in [5, 5.41) is 0. The molecule has 3 nitrogen and oxygen atoms in total. The molecule has 0 saturated heterocycles. The van der Waals surface area contributed by atoms with Gasteiger partial charge in [0.25, 0.3) is 0 Å². The highest BCUT2D eigenvalue weighted by atomic mass is 79.9. The molecule has 90 valence electrons. The summed E-state index contributed by atoms with van der Waals surface area (Å²) in [6.07, 6.45) is 1.81. The monoisotopic (exact) mass is 312 g/mol. The standard InChI is InChI=1S/C12H13BrN2OS/c1-8(14)11-3-2-9(13)4-12(11)16-6-10-5-15-7-17-10/h2-5,7-8H,6,14H2,1H3/t8-/m1/s1. The van der Waals surface area contributed by atoms with E-state index in [-0.39, 0.29) is 6.04 Å². The number of aromatic nitrogens is 1. The van der Waals surface area contributed by atoms with Gasteiger partial charge in [0.15, 0.2) is 0 Å². The number of nitrogens with two attached hydrogens (primary N) is 1. The van der Waals surface area contributed by atoms with Crippen LogP contribution in [0.4, 0.5) is 0 Å². The Hall–Kier alpha value is -0.910. The van der Waals surface area contributed by atoms with Crippen molar-refractivity contribution in [3.8, 4) is 5.75 Å². The highest BCUT2D eigenvalue weighted by Gasteiger charge is 2.09. The topological polar surface area (TPSA) is 48.1 Å². The van der Waals surface area contributed by atoms with Crippen LogP contribution < -0.4 is 10.5 Å². The predicted molar refractivity (Wildman–Crippen MR) is 73.2 cm³/mol. The van der Waals surface area contributed by atoms with E-state index in [1.165, 1.54) is 0 Å². The average molecular weight is 313 g/mol. The van der Waals surface area contributed by atoms with E-state index in [4.69, 9.17) is 10.5 Å². The third kappa shape index (κ3) is 3.28. The molecule has 1 atom stereocenters. The third-order valence-corrected chi connectivity index (χ3v) is 3.57. The molecule has 0 aliphatic rings. The second-order valence-electron chi connectivity index (χ2n) is 3.73. The summed E-state index contributed by atoms with van der Waals surface area (Å²) in [7, 11) is 0. The number of hydrogen-bond acceptors (Lipinski definition) is 4. The zero-order valence-electron chi connectivity index (χ0n) is 9.39. The maximum Gasteiger partial charge on any atom is 0.125 e. The first-order chi connectivity index (χ1) is 8.16. The van der Waals surface area contributed by atoms with Gasteiger partial charge in [-0.3, -0.25) is 4.98 Å². The lowest BCUT2D eigenvalue weighted by atomic mass is 10.1. The molecule has 0 radical (unpaired) electrons. The van der Waals surface area contributed by atoms with Crippen LogP contribution in [0.25, 0.3) is 0 Å². The Kier molecular flexibility index (Phi) is 4.15. The van der Waals surface area contributed by atoms with Crippen molar-refractivity contribution in [3.63, 3.8) is 0 Å². The maximum absolute atomic E-state index is 5.91. The summed E-state index contributed by atoms with van der Waals surface area (Å²) in [6.45, 7) is 2.48. The number of rotatable bonds is 4. The summed E-state index contributed by atoms with van der Waals surface area (Å²) in [5.74, 6) is 0.822. The number of thiazole rings is 1. The molecule has 0 spiro atoms. The fraction of sp³-hybridized carbons (Fsp3) is 0.250. The molecule has 1 aromatic carbocycles. The first kappa shape index (κ1) is 12.5. The van der Waals surface area contributed by atoms with Crippen molar-refractivity contribution in [3.05, 3.63) is 44.8 Å². The Labute approximate surface area is 113 Å². The minimum absolute atomic E-state index is 0.0421. The van der Waals surface area contributed by atoms with Gasteiger partial charge in [-0.15, -0.1) is 11.3 Å². The van der Waals surface area contributed by atoms with Gasteiger partial charge in [0.1, 0.15) is 12.4 Å². The molecule has 1 aromatic heterocycles. The first-order valence-electron chi connectivity index (χ1n) is 5.22. The lowest BCUT2D eigenvalue weighted by Gasteiger charge is -2.13. The van der Waals surface area contributed by atoms with Crippen LogP contribution in [-0.2, 0) is 6.61 Å². The molecule has 17 heavy (non-hydrogen) atoms. The lowest BCUT2D eigenvalue weighted by Crippen LogP contribution is -2.07. The molecule has 0 fully saturated rings. The molecule has 1 heterocycles. The number of benzene rings is 1. The van der Waals surface area contributed by atoms with Gasteiger partial charge in [0.2, 0.25) is 0 Å². The molecule has 0 amide bonds. The fourth-order valence-corrected chi connectivity index (χ4v) is 2.32. The molecular formula is C12H13BrN2OS. The van der Waals surface area contributed by atoms with E-state index in [9.17, 15) is 0 Å². The van der Waals surface area contributed by atoms with Crippen molar-refractivity contribution >= 4 is 27.3 Å². The van der Waals surface area contributed by atoms with Crippen LogP contribution in [0.3, 0.4) is 0 Å². The molecule has 0 aliphatic heterocycles. The molecule has 2 aromatic rings. The van der Waals surface area contributed by atoms with E-state index >= 15 is 0 Å². The van der Waals surface area contributed by atoms with Crippen molar-refractivity contribution < 1.29 is 4.74 Å². The van der Waals surface area contributed by atoms with Crippen molar-refractivity contribution in [2.75, 3.05) is 0 Å². The lowest BCUT2D eigenvalue weighted by molar-refractivity contribution is 0.304. The Bertz CT molecular complexity index is 485. The van der Waals surface area contributed by atoms with Gasteiger partial charge in [-0.05, 0) is 19.1 Å². The Morgan fingerprint density at radius 3 is 3.00 bits per heavy atom. The van der Waals surface area contributed by atoms with E-state index in [1.54, 1.807) is 16.8 Å². The van der Waals surface area contributed by atoms with Gasteiger partial charge < -0.3 is 10.5 Å². The van der Waals surface area contributed by atoms with Crippen molar-refractivity contribution in [2.24, 2.45) is 5.73 Å². The van der Waals surface area contributed by atoms with Crippen LogP contribution in [0.2, 0.25) is 0 Å². The molecule has 2 N–H and O–H groups in total. The van der Waals surface area contributed by atoms with Crippen molar-refractivity contribution in [1.82, 2.24) is 4.98 Å². The number of ether oxygens (including phenoxy) is 1. The van der Waals surface area contributed by atoms with Gasteiger partial charge in [-0.25, -0.2) is 0 Å². The van der Waals surface area contributed by atoms with E-state index < -0.39 is 0 Å². The number of nitrogens with zero attached hydrogens (tertiary/aromatic N) is 1. The first-order valence-corrected chi connectivity index (χ1v) is 6.89. The predicted octanol–water partition coefficient (Wildman–Crippen LogP) is 3.50. The van der Waals surface area contributed by atoms with Gasteiger partial charge in [-0.1, -0.05) is 22.0 Å². The number of hydrogen-bond donors (Lipinski definition) is 1. The van der Waals surface area contributed by atoms with Gasteiger partial charge in [-0.2, -0.15) is 0 Å². The van der Waals surface area contributed by atoms with Crippen molar-refractivity contribution in [2.45, 2.75) is 19.6 Å². The molecule has 0 unspecified atom stereocenters. The fourth-order valence-electron chi connectivity index (χ4n) is 1.47. The summed E-state index contributed by atoms with van der Waals surface area (Å²) < 4.78 is 6.77. The van der Waals surface area contributed by atoms with E-state index in [1.807, 2.05) is 31.3 Å². The highest BCUT2D eigenvalue weighted by Crippen LogP contribution is 2.28. The number of halogens is 1. The highest BCUT2D eigenvalue weighted by molar-refractivity contribution is 9.10. The van der Waals surface area contributed by atoms with Crippen molar-refractivity contribution in [1.29, 1.82) is 0 Å². The molecule has 0 aliphatic carbocycles. The molecule has 0 bridgehead atoms. The van der Waals surface area contributed by atoms with E-state index in [2.05, 4.69) is 20.9 Å². The van der Waals surface area contributed by atoms with Crippen LogP contribution >= 0.6 is 27.3 Å². The minimum atomic E-state index is -0.0421. The normalized spacial score (nSPS) is 12.4. The Balaban J connectivity index is 2.16. The van der Waals surface area contributed by atoms with Crippen LogP contribution in [0.15, 0.2) is 34.4 Å². The zero-order valence-corrected chi connectivity index (χ0v) is 11.8. The van der Waals surface area contributed by atoms with Crippen LogP contribution in [-0.4, -0.2) is 4.98 Å². The smallest absolute Gasteiger partial charge is 0.125 e. The Morgan fingerprint density at radius 2 is 2.35 bits per heavy atom. The average Bonchev–Trinajstić information content (AvgIpc) is 2.78. The molecule has 0 saturated carbocycles. The molecule has 2 rings (SSSR count).